The van der Waals surface area contributed by atoms with Gasteiger partial charge in [0.05, 0.1) is 6.61 Å². The molecule has 1 atom stereocenters. The van der Waals surface area contributed by atoms with Crippen molar-refractivity contribution in [2.45, 2.75) is 24.2 Å². The second-order valence-corrected chi connectivity index (χ2v) is 6.65. The average Bonchev–Trinajstić information content (AvgIpc) is 2.56. The maximum Gasteiger partial charge on any atom is 0.223 e. The molecule has 1 amide bonds. The maximum absolute atomic E-state index is 12.3. The summed E-state index contributed by atoms with van der Waals surface area (Å²) in [6.45, 7) is 2.70. The molecule has 2 rings (SSSR count). The monoisotopic (exact) mass is 317 g/mol. The number of hydrogen-bond donors (Lipinski definition) is 0. The van der Waals surface area contributed by atoms with Gasteiger partial charge in [-0.25, -0.2) is 0 Å². The Bertz CT molecular complexity index is 498. The lowest BCUT2D eigenvalue weighted by Gasteiger charge is -2.32. The number of amides is 1. The fourth-order valence-corrected chi connectivity index (χ4v) is 3.51. The molecule has 0 bridgehead atoms. The van der Waals surface area contributed by atoms with Crippen LogP contribution >= 0.6 is 11.8 Å². The van der Waals surface area contributed by atoms with E-state index in [9.17, 15) is 4.79 Å². The minimum Gasteiger partial charge on any atom is -0.368 e. The second kappa shape index (κ2) is 9.55. The fraction of sp³-hybridized carbons (Fsp3) is 0.500. The first-order valence-corrected chi connectivity index (χ1v) is 8.75. The molecule has 0 saturated carbocycles. The number of likely N-dealkylation sites (tertiary alicyclic amines) is 1. The van der Waals surface area contributed by atoms with Gasteiger partial charge in [0.25, 0.3) is 0 Å². The van der Waals surface area contributed by atoms with Crippen molar-refractivity contribution in [3.05, 3.63) is 30.3 Å². The van der Waals surface area contributed by atoms with Crippen LogP contribution in [0.3, 0.4) is 0 Å². The summed E-state index contributed by atoms with van der Waals surface area (Å²) in [6.07, 6.45) is 7.95. The lowest BCUT2D eigenvalue weighted by molar-refractivity contribution is -0.133. The van der Waals surface area contributed by atoms with Crippen molar-refractivity contribution in [3.63, 3.8) is 0 Å². The molecule has 0 N–H and O–H groups in total. The van der Waals surface area contributed by atoms with Crippen LogP contribution in [-0.2, 0) is 9.53 Å². The predicted octanol–water partition coefficient (Wildman–Crippen LogP) is 3.06. The minimum atomic E-state index is 0.255. The van der Waals surface area contributed by atoms with Crippen molar-refractivity contribution in [1.29, 1.82) is 0 Å². The Labute approximate surface area is 137 Å². The SMILES string of the molecule is C#CCOCC1CCCN(C(=O)CCSc2ccccc2)C1. The van der Waals surface area contributed by atoms with Gasteiger partial charge in [0, 0.05) is 30.2 Å². The van der Waals surface area contributed by atoms with Gasteiger partial charge in [0.2, 0.25) is 5.91 Å². The largest absolute Gasteiger partial charge is 0.368 e. The number of carbonyl (C=O) groups excluding carboxylic acids is 1. The Morgan fingerprint density at radius 3 is 3.00 bits per heavy atom. The van der Waals surface area contributed by atoms with Gasteiger partial charge in [-0.1, -0.05) is 24.1 Å². The standard InChI is InChI=1S/C18H23NO2S/c1-2-12-21-15-16-7-6-11-19(14-16)18(20)10-13-22-17-8-4-3-5-9-17/h1,3-5,8-9,16H,6-7,10-15H2. The Hall–Kier alpha value is -1.44. The Morgan fingerprint density at radius 1 is 1.41 bits per heavy atom. The molecule has 0 radical (unpaired) electrons. The predicted molar refractivity (Wildman–Crippen MR) is 90.7 cm³/mol. The van der Waals surface area contributed by atoms with E-state index in [2.05, 4.69) is 18.1 Å². The summed E-state index contributed by atoms with van der Waals surface area (Å²) in [7, 11) is 0. The van der Waals surface area contributed by atoms with Crippen molar-refractivity contribution in [3.8, 4) is 12.3 Å². The van der Waals surface area contributed by atoms with Gasteiger partial charge in [0.15, 0.2) is 0 Å². The topological polar surface area (TPSA) is 29.5 Å². The van der Waals surface area contributed by atoms with Gasteiger partial charge in [-0.2, -0.15) is 0 Å². The molecule has 3 nitrogen and oxygen atoms in total. The number of piperidine rings is 1. The molecule has 118 valence electrons. The van der Waals surface area contributed by atoms with E-state index in [0.717, 1.165) is 31.7 Å². The Morgan fingerprint density at radius 2 is 2.23 bits per heavy atom. The first kappa shape index (κ1) is 16.9. The summed E-state index contributed by atoms with van der Waals surface area (Å²) < 4.78 is 5.41. The smallest absolute Gasteiger partial charge is 0.223 e. The molecule has 1 saturated heterocycles. The highest BCUT2D eigenvalue weighted by Crippen LogP contribution is 2.21. The zero-order valence-electron chi connectivity index (χ0n) is 12.9. The molecule has 1 aromatic carbocycles. The van der Waals surface area contributed by atoms with Crippen molar-refractivity contribution in [2.24, 2.45) is 5.92 Å². The molecule has 1 aromatic rings. The fourth-order valence-electron chi connectivity index (χ4n) is 2.64. The summed E-state index contributed by atoms with van der Waals surface area (Å²) in [5.41, 5.74) is 0. The molecule has 1 heterocycles. The van der Waals surface area contributed by atoms with Crippen LogP contribution in [0, 0.1) is 18.3 Å². The van der Waals surface area contributed by atoms with Gasteiger partial charge >= 0.3 is 0 Å². The number of hydrogen-bond acceptors (Lipinski definition) is 3. The van der Waals surface area contributed by atoms with Gasteiger partial charge in [0.1, 0.15) is 6.61 Å². The van der Waals surface area contributed by atoms with Crippen LogP contribution in [0.2, 0.25) is 0 Å². The van der Waals surface area contributed by atoms with Crippen LogP contribution in [0.1, 0.15) is 19.3 Å². The first-order chi connectivity index (χ1) is 10.8. The van der Waals surface area contributed by atoms with Crippen molar-refractivity contribution >= 4 is 17.7 Å². The molecule has 1 aliphatic rings. The summed E-state index contributed by atoms with van der Waals surface area (Å²) in [5.74, 6) is 3.99. The van der Waals surface area contributed by atoms with E-state index >= 15 is 0 Å². The first-order valence-electron chi connectivity index (χ1n) is 7.76. The lowest BCUT2D eigenvalue weighted by Crippen LogP contribution is -2.41. The van der Waals surface area contributed by atoms with E-state index in [1.165, 1.54) is 4.90 Å². The van der Waals surface area contributed by atoms with Crippen LogP contribution in [0.25, 0.3) is 0 Å². The highest BCUT2D eigenvalue weighted by molar-refractivity contribution is 7.99. The van der Waals surface area contributed by atoms with Crippen molar-refractivity contribution < 1.29 is 9.53 Å². The molecule has 1 fully saturated rings. The second-order valence-electron chi connectivity index (χ2n) is 5.48. The Balaban J connectivity index is 1.69. The number of carbonyl (C=O) groups is 1. The zero-order valence-corrected chi connectivity index (χ0v) is 13.7. The van der Waals surface area contributed by atoms with Crippen molar-refractivity contribution in [1.82, 2.24) is 4.90 Å². The number of nitrogens with zero attached hydrogens (tertiary/aromatic N) is 1. The van der Waals surface area contributed by atoms with Crippen LogP contribution in [0.4, 0.5) is 0 Å². The van der Waals surface area contributed by atoms with Crippen LogP contribution < -0.4 is 0 Å². The molecule has 0 aromatic heterocycles. The van der Waals surface area contributed by atoms with E-state index < -0.39 is 0 Å². The molecular weight excluding hydrogens is 294 g/mol. The molecule has 1 unspecified atom stereocenters. The molecule has 0 aliphatic carbocycles. The number of ether oxygens (including phenoxy) is 1. The number of benzene rings is 1. The maximum atomic E-state index is 12.3. The summed E-state index contributed by atoms with van der Waals surface area (Å²) in [5, 5.41) is 0. The number of terminal acetylenes is 1. The van der Waals surface area contributed by atoms with E-state index in [4.69, 9.17) is 11.2 Å². The van der Waals surface area contributed by atoms with E-state index in [1.807, 2.05) is 23.1 Å². The number of rotatable bonds is 7. The lowest BCUT2D eigenvalue weighted by atomic mass is 9.99. The van der Waals surface area contributed by atoms with Gasteiger partial charge < -0.3 is 9.64 Å². The average molecular weight is 317 g/mol. The Kier molecular flexibility index (Phi) is 7.35. The van der Waals surface area contributed by atoms with E-state index in [-0.39, 0.29) is 5.91 Å². The minimum absolute atomic E-state index is 0.255. The molecule has 1 aliphatic heterocycles. The van der Waals surface area contributed by atoms with Gasteiger partial charge in [-0.05, 0) is 30.9 Å². The highest BCUT2D eigenvalue weighted by atomic mass is 32.2. The normalized spacial score (nSPS) is 18.0. The van der Waals surface area contributed by atoms with Crippen LogP contribution in [-0.4, -0.2) is 42.9 Å². The third-order valence-corrected chi connectivity index (χ3v) is 4.75. The zero-order chi connectivity index (χ0) is 15.6. The third-order valence-electron chi connectivity index (χ3n) is 3.74. The van der Waals surface area contributed by atoms with Gasteiger partial charge in [-0.3, -0.25) is 4.79 Å². The molecule has 0 spiro atoms. The van der Waals surface area contributed by atoms with Crippen LogP contribution in [0.5, 0.6) is 0 Å². The number of thioether (sulfide) groups is 1. The summed E-state index contributed by atoms with van der Waals surface area (Å²) in [6, 6.07) is 10.2. The highest BCUT2D eigenvalue weighted by Gasteiger charge is 2.23. The van der Waals surface area contributed by atoms with E-state index in [1.54, 1.807) is 11.8 Å². The molecule has 22 heavy (non-hydrogen) atoms. The van der Waals surface area contributed by atoms with E-state index in [0.29, 0.717) is 25.6 Å². The molecule has 4 heteroatoms. The van der Waals surface area contributed by atoms with Crippen molar-refractivity contribution in [2.75, 3.05) is 32.1 Å². The third kappa shape index (κ3) is 5.75. The quantitative estimate of drug-likeness (QED) is 0.440. The molecular formula is C18H23NO2S. The van der Waals surface area contributed by atoms with Crippen LogP contribution in [0.15, 0.2) is 35.2 Å². The summed E-state index contributed by atoms with van der Waals surface area (Å²) in [4.78, 5) is 15.5. The van der Waals surface area contributed by atoms with Gasteiger partial charge in [-0.15, -0.1) is 18.2 Å². The summed E-state index contributed by atoms with van der Waals surface area (Å²) >= 11 is 1.74.